The van der Waals surface area contributed by atoms with E-state index in [9.17, 15) is 21.6 Å². The molecule has 0 aromatic heterocycles. The van der Waals surface area contributed by atoms with Gasteiger partial charge in [-0.15, -0.1) is 24.0 Å². The summed E-state index contributed by atoms with van der Waals surface area (Å²) < 4.78 is 60.2. The molecule has 0 radical (unpaired) electrons. The number of hydrogen-bond acceptors (Lipinski definition) is 3. The van der Waals surface area contributed by atoms with Crippen molar-refractivity contribution in [2.24, 2.45) is 4.99 Å². The Hall–Kier alpha value is -0.300. The van der Waals surface area contributed by atoms with Crippen LogP contribution in [0, 0.1) is 0 Å². The van der Waals surface area contributed by atoms with Crippen molar-refractivity contribution in [2.45, 2.75) is 19.5 Å². The zero-order valence-electron chi connectivity index (χ0n) is 11.2. The van der Waals surface area contributed by atoms with E-state index in [-0.39, 0.29) is 55.3 Å². The average molecular weight is 432 g/mol. The Balaban J connectivity index is 0. The minimum atomic E-state index is -4.22. The van der Waals surface area contributed by atoms with Gasteiger partial charge < -0.3 is 10.6 Å². The van der Waals surface area contributed by atoms with E-state index in [1.807, 2.05) is 0 Å². The maximum absolute atomic E-state index is 11.9. The van der Waals surface area contributed by atoms with Gasteiger partial charge in [0.25, 0.3) is 0 Å². The van der Waals surface area contributed by atoms with Gasteiger partial charge in [-0.2, -0.15) is 13.2 Å². The van der Waals surface area contributed by atoms with E-state index >= 15 is 0 Å². The smallest absolute Gasteiger partial charge is 0.356 e. The van der Waals surface area contributed by atoms with E-state index in [0.717, 1.165) is 0 Å². The fraction of sp³-hybridized carbons (Fsp3) is 0.889. The third kappa shape index (κ3) is 12.7. The maximum Gasteiger partial charge on any atom is 0.390 e. The number of alkyl halides is 3. The molecule has 0 spiro atoms. The molecule has 11 heteroatoms. The highest BCUT2D eigenvalue weighted by molar-refractivity contribution is 14.0. The Morgan fingerprint density at radius 2 is 1.70 bits per heavy atom. The zero-order chi connectivity index (χ0) is 14.9. The van der Waals surface area contributed by atoms with Crippen LogP contribution in [0.15, 0.2) is 4.99 Å². The van der Waals surface area contributed by atoms with Crippen LogP contribution < -0.4 is 15.4 Å². The molecule has 0 aliphatic rings. The first-order valence-corrected chi connectivity index (χ1v) is 7.34. The van der Waals surface area contributed by atoms with Crippen molar-refractivity contribution in [3.63, 3.8) is 0 Å². The third-order valence-electron chi connectivity index (χ3n) is 2.04. The van der Waals surface area contributed by atoms with Crippen LogP contribution in [0.4, 0.5) is 13.2 Å². The molecule has 6 nitrogen and oxygen atoms in total. The van der Waals surface area contributed by atoms with E-state index < -0.39 is 22.6 Å². The van der Waals surface area contributed by atoms with Crippen LogP contribution in [0.2, 0.25) is 0 Å². The van der Waals surface area contributed by atoms with Gasteiger partial charge in [-0.1, -0.05) is 0 Å². The summed E-state index contributed by atoms with van der Waals surface area (Å²) in [7, 11) is -1.84. The van der Waals surface area contributed by atoms with Crippen LogP contribution in [-0.4, -0.2) is 53.0 Å². The fourth-order valence-electron chi connectivity index (χ4n) is 1.03. The SMILES string of the molecule is CCS(=O)(=O)NCCNC(=NC)NCCC(F)(F)F.I. The first-order chi connectivity index (χ1) is 8.70. The zero-order valence-corrected chi connectivity index (χ0v) is 14.4. The number of nitrogens with zero attached hydrogens (tertiary/aromatic N) is 1. The monoisotopic (exact) mass is 432 g/mol. The fourth-order valence-corrected chi connectivity index (χ4v) is 1.65. The summed E-state index contributed by atoms with van der Waals surface area (Å²) in [5.74, 6) is 0.172. The summed E-state index contributed by atoms with van der Waals surface area (Å²) in [6, 6.07) is 0. The molecule has 0 heterocycles. The highest BCUT2D eigenvalue weighted by Gasteiger charge is 2.26. The molecular formula is C9H20F3IN4O2S. The number of rotatable bonds is 7. The summed E-state index contributed by atoms with van der Waals surface area (Å²) in [5.41, 5.74) is 0. The number of nitrogens with one attached hydrogen (secondary N) is 3. The molecule has 0 rings (SSSR count). The molecule has 0 saturated carbocycles. The number of guanidine groups is 1. The summed E-state index contributed by atoms with van der Waals surface area (Å²) in [6.45, 7) is 1.58. The Kier molecular flexibility index (Phi) is 11.5. The Morgan fingerprint density at radius 1 is 1.15 bits per heavy atom. The predicted molar refractivity (Wildman–Crippen MR) is 82.9 cm³/mol. The van der Waals surface area contributed by atoms with E-state index in [4.69, 9.17) is 0 Å². The van der Waals surface area contributed by atoms with Gasteiger partial charge in [-0.3, -0.25) is 4.99 Å². The first kappa shape index (κ1) is 22.0. The summed E-state index contributed by atoms with van der Waals surface area (Å²) in [5, 5.41) is 5.18. The van der Waals surface area contributed by atoms with Crippen molar-refractivity contribution in [2.75, 3.05) is 32.4 Å². The van der Waals surface area contributed by atoms with Gasteiger partial charge in [-0.05, 0) is 6.92 Å². The lowest BCUT2D eigenvalue weighted by molar-refractivity contribution is -0.132. The second kappa shape index (κ2) is 10.4. The third-order valence-corrected chi connectivity index (χ3v) is 3.45. The van der Waals surface area contributed by atoms with Crippen LogP contribution in [0.1, 0.15) is 13.3 Å². The molecule has 0 atom stereocenters. The lowest BCUT2D eigenvalue weighted by atomic mass is 10.4. The van der Waals surface area contributed by atoms with Crippen LogP contribution >= 0.6 is 24.0 Å². The predicted octanol–water partition coefficient (Wildman–Crippen LogP) is 0.661. The van der Waals surface area contributed by atoms with Gasteiger partial charge in [0, 0.05) is 26.7 Å². The number of sulfonamides is 1. The molecule has 0 aromatic carbocycles. The Labute approximate surface area is 134 Å². The quantitative estimate of drug-likeness (QED) is 0.239. The highest BCUT2D eigenvalue weighted by atomic mass is 127. The topological polar surface area (TPSA) is 82.6 Å². The lowest BCUT2D eigenvalue weighted by Gasteiger charge is -2.13. The molecule has 0 fully saturated rings. The summed E-state index contributed by atoms with van der Waals surface area (Å²) in [6.07, 6.45) is -5.18. The van der Waals surface area contributed by atoms with Crippen LogP contribution in [-0.2, 0) is 10.0 Å². The molecule has 0 unspecified atom stereocenters. The van der Waals surface area contributed by atoms with Crippen molar-refractivity contribution in [1.82, 2.24) is 15.4 Å². The van der Waals surface area contributed by atoms with Gasteiger partial charge in [-0.25, -0.2) is 13.1 Å². The lowest BCUT2D eigenvalue weighted by Crippen LogP contribution is -2.42. The van der Waals surface area contributed by atoms with Crippen LogP contribution in [0.5, 0.6) is 0 Å². The molecule has 20 heavy (non-hydrogen) atoms. The molecule has 0 aliphatic carbocycles. The minimum Gasteiger partial charge on any atom is -0.356 e. The highest BCUT2D eigenvalue weighted by Crippen LogP contribution is 2.17. The Morgan fingerprint density at radius 3 is 2.15 bits per heavy atom. The van der Waals surface area contributed by atoms with E-state index in [0.29, 0.717) is 0 Å². The maximum atomic E-state index is 11.9. The second-order valence-electron chi connectivity index (χ2n) is 3.59. The van der Waals surface area contributed by atoms with Gasteiger partial charge in [0.05, 0.1) is 12.2 Å². The largest absolute Gasteiger partial charge is 0.390 e. The number of aliphatic imine (C=N–C) groups is 1. The summed E-state index contributed by atoms with van der Waals surface area (Å²) in [4.78, 5) is 3.71. The van der Waals surface area contributed by atoms with E-state index in [1.54, 1.807) is 0 Å². The number of hydrogen-bond donors (Lipinski definition) is 3. The number of halogens is 4. The van der Waals surface area contributed by atoms with Gasteiger partial charge in [0.1, 0.15) is 0 Å². The molecule has 122 valence electrons. The minimum absolute atomic E-state index is 0. The van der Waals surface area contributed by atoms with Crippen molar-refractivity contribution < 1.29 is 21.6 Å². The molecule has 0 aliphatic heterocycles. The molecule has 0 amide bonds. The van der Waals surface area contributed by atoms with Crippen molar-refractivity contribution >= 4 is 40.0 Å². The van der Waals surface area contributed by atoms with Crippen LogP contribution in [0.25, 0.3) is 0 Å². The molecular weight excluding hydrogens is 412 g/mol. The molecule has 3 N–H and O–H groups in total. The first-order valence-electron chi connectivity index (χ1n) is 5.69. The van der Waals surface area contributed by atoms with E-state index in [1.165, 1.54) is 14.0 Å². The van der Waals surface area contributed by atoms with Crippen LogP contribution in [0.3, 0.4) is 0 Å². The van der Waals surface area contributed by atoms with Gasteiger partial charge in [0.2, 0.25) is 10.0 Å². The van der Waals surface area contributed by atoms with Gasteiger partial charge >= 0.3 is 6.18 Å². The molecule has 0 saturated heterocycles. The second-order valence-corrected chi connectivity index (χ2v) is 5.68. The average Bonchev–Trinajstić information content (AvgIpc) is 2.30. The molecule has 0 aromatic rings. The standard InChI is InChI=1S/C9H19F3N4O2S.HI/c1-3-19(17,18)16-7-6-15-8(13-2)14-5-4-9(10,11)12;/h16H,3-7H2,1-2H3,(H2,13,14,15);1H. The molecule has 0 bridgehead atoms. The van der Waals surface area contributed by atoms with Crippen molar-refractivity contribution in [1.29, 1.82) is 0 Å². The van der Waals surface area contributed by atoms with E-state index in [2.05, 4.69) is 20.3 Å². The van der Waals surface area contributed by atoms with Crippen molar-refractivity contribution in [3.05, 3.63) is 0 Å². The summed E-state index contributed by atoms with van der Waals surface area (Å²) >= 11 is 0. The normalized spacial score (nSPS) is 12.8. The Bertz CT molecular complexity index is 387. The van der Waals surface area contributed by atoms with Gasteiger partial charge in [0.15, 0.2) is 5.96 Å². The van der Waals surface area contributed by atoms with Crippen molar-refractivity contribution in [3.8, 4) is 0 Å².